The van der Waals surface area contributed by atoms with Gasteiger partial charge in [0, 0.05) is 13.2 Å². The van der Waals surface area contributed by atoms with E-state index in [1.165, 1.54) is 6.20 Å². The molecule has 3 aromatic rings. The number of aryl methyl sites for hydroxylation is 1. The maximum absolute atomic E-state index is 13.8. The summed E-state index contributed by atoms with van der Waals surface area (Å²) in [5.41, 5.74) is 2.47. The Morgan fingerprint density at radius 3 is 2.89 bits per heavy atom. The highest BCUT2D eigenvalue weighted by Crippen LogP contribution is 2.25. The largest absolute Gasteiger partial charge is 0.327 e. The number of hydrogen-bond acceptors (Lipinski definition) is 3. The summed E-state index contributed by atoms with van der Waals surface area (Å²) >= 11 is 0. The standard InChI is InChI=1S/C14H9FN4/c1-19-13-6-9(7-16)2-3-12(13)18-14(19)10-4-5-17-8-11(10)15/h2-6,8H,1H3. The van der Waals surface area contributed by atoms with Gasteiger partial charge in [0.15, 0.2) is 5.82 Å². The van der Waals surface area contributed by atoms with Gasteiger partial charge in [-0.15, -0.1) is 0 Å². The van der Waals surface area contributed by atoms with Crippen LogP contribution in [0.2, 0.25) is 0 Å². The first-order chi connectivity index (χ1) is 9.20. The minimum Gasteiger partial charge on any atom is -0.327 e. The summed E-state index contributed by atoms with van der Waals surface area (Å²) in [6, 6.07) is 8.86. The average molecular weight is 252 g/mol. The summed E-state index contributed by atoms with van der Waals surface area (Å²) in [7, 11) is 1.80. The molecule has 0 bridgehead atoms. The van der Waals surface area contributed by atoms with Gasteiger partial charge in [0.2, 0.25) is 0 Å². The Kier molecular flexibility index (Phi) is 2.50. The van der Waals surface area contributed by atoms with Crippen molar-refractivity contribution in [2.75, 3.05) is 0 Å². The number of rotatable bonds is 1. The Hall–Kier alpha value is -2.74. The minimum absolute atomic E-state index is 0.396. The second-order valence-corrected chi connectivity index (χ2v) is 4.17. The SMILES string of the molecule is Cn1c(-c2ccncc2F)nc2ccc(C#N)cc21. The zero-order valence-corrected chi connectivity index (χ0v) is 10.1. The molecule has 3 rings (SSSR count). The van der Waals surface area contributed by atoms with Crippen LogP contribution in [0.15, 0.2) is 36.7 Å². The molecule has 1 aromatic carbocycles. The number of imidazole rings is 1. The van der Waals surface area contributed by atoms with Crippen LogP contribution < -0.4 is 0 Å². The number of nitrogens with zero attached hydrogens (tertiary/aromatic N) is 4. The summed E-state index contributed by atoms with van der Waals surface area (Å²) in [6.45, 7) is 0. The lowest BCUT2D eigenvalue weighted by Gasteiger charge is -2.03. The molecule has 0 aliphatic carbocycles. The maximum atomic E-state index is 13.8. The minimum atomic E-state index is -0.415. The van der Waals surface area contributed by atoms with Crippen LogP contribution in [0.25, 0.3) is 22.4 Å². The molecule has 0 N–H and O–H groups in total. The Bertz CT molecular complexity index is 814. The van der Waals surface area contributed by atoms with Crippen molar-refractivity contribution in [1.82, 2.24) is 14.5 Å². The lowest BCUT2D eigenvalue weighted by atomic mass is 10.2. The van der Waals surface area contributed by atoms with E-state index in [0.717, 1.165) is 17.2 Å². The Labute approximate surface area is 108 Å². The van der Waals surface area contributed by atoms with E-state index in [4.69, 9.17) is 5.26 Å². The van der Waals surface area contributed by atoms with Crippen molar-refractivity contribution in [3.8, 4) is 17.5 Å². The van der Waals surface area contributed by atoms with Gasteiger partial charge in [0.25, 0.3) is 0 Å². The molecule has 2 heterocycles. The van der Waals surface area contributed by atoms with E-state index in [1.54, 1.807) is 35.9 Å². The van der Waals surface area contributed by atoms with E-state index in [-0.39, 0.29) is 0 Å². The molecule has 5 heteroatoms. The fraction of sp³-hybridized carbons (Fsp3) is 0.0714. The topological polar surface area (TPSA) is 54.5 Å². The van der Waals surface area contributed by atoms with Gasteiger partial charge in [-0.2, -0.15) is 5.26 Å². The number of pyridine rings is 1. The van der Waals surface area contributed by atoms with E-state index >= 15 is 0 Å². The molecule has 0 atom stereocenters. The van der Waals surface area contributed by atoms with E-state index in [1.807, 2.05) is 0 Å². The van der Waals surface area contributed by atoms with Crippen molar-refractivity contribution < 1.29 is 4.39 Å². The molecule has 0 fully saturated rings. The summed E-state index contributed by atoms with van der Waals surface area (Å²) < 4.78 is 15.5. The highest BCUT2D eigenvalue weighted by atomic mass is 19.1. The number of halogens is 1. The molecule has 0 amide bonds. The van der Waals surface area contributed by atoms with Crippen molar-refractivity contribution >= 4 is 11.0 Å². The van der Waals surface area contributed by atoms with Crippen LogP contribution in [0.1, 0.15) is 5.56 Å². The van der Waals surface area contributed by atoms with Gasteiger partial charge in [0.1, 0.15) is 5.82 Å². The summed E-state index contributed by atoms with van der Waals surface area (Å²) in [4.78, 5) is 8.13. The molecule has 2 aromatic heterocycles. The Morgan fingerprint density at radius 1 is 1.32 bits per heavy atom. The Morgan fingerprint density at radius 2 is 2.16 bits per heavy atom. The van der Waals surface area contributed by atoms with E-state index in [9.17, 15) is 4.39 Å². The van der Waals surface area contributed by atoms with Crippen molar-refractivity contribution in [1.29, 1.82) is 5.26 Å². The molecule has 0 spiro atoms. The quantitative estimate of drug-likeness (QED) is 0.669. The molecule has 19 heavy (non-hydrogen) atoms. The first kappa shape index (κ1) is 11.4. The highest BCUT2D eigenvalue weighted by Gasteiger charge is 2.13. The van der Waals surface area contributed by atoms with Gasteiger partial charge in [-0.1, -0.05) is 0 Å². The molecule has 0 aliphatic rings. The smallest absolute Gasteiger partial charge is 0.152 e. The third kappa shape index (κ3) is 1.74. The third-order valence-electron chi connectivity index (χ3n) is 3.02. The number of benzene rings is 1. The molecule has 0 radical (unpaired) electrons. The van der Waals surface area contributed by atoms with Crippen LogP contribution >= 0.6 is 0 Å². The second-order valence-electron chi connectivity index (χ2n) is 4.17. The number of aromatic nitrogens is 3. The summed E-state index contributed by atoms with van der Waals surface area (Å²) in [5, 5.41) is 8.91. The number of nitriles is 1. The number of fused-ring (bicyclic) bond motifs is 1. The normalized spacial score (nSPS) is 10.6. The first-order valence-electron chi connectivity index (χ1n) is 5.67. The monoisotopic (exact) mass is 252 g/mol. The lowest BCUT2D eigenvalue weighted by molar-refractivity contribution is 0.622. The second kappa shape index (κ2) is 4.18. The van der Waals surface area contributed by atoms with Crippen LogP contribution in [0.5, 0.6) is 0 Å². The molecular formula is C14H9FN4. The first-order valence-corrected chi connectivity index (χ1v) is 5.67. The van der Waals surface area contributed by atoms with Gasteiger partial charge in [-0.05, 0) is 24.3 Å². The van der Waals surface area contributed by atoms with E-state index < -0.39 is 5.82 Å². The molecule has 0 saturated carbocycles. The van der Waals surface area contributed by atoms with Crippen molar-refractivity contribution in [3.63, 3.8) is 0 Å². The van der Waals surface area contributed by atoms with Crippen LogP contribution in [-0.2, 0) is 7.05 Å². The fourth-order valence-corrected chi connectivity index (χ4v) is 2.06. The van der Waals surface area contributed by atoms with Gasteiger partial charge in [-0.25, -0.2) is 9.37 Å². The maximum Gasteiger partial charge on any atom is 0.152 e. The van der Waals surface area contributed by atoms with Gasteiger partial charge >= 0.3 is 0 Å². The molecule has 4 nitrogen and oxygen atoms in total. The lowest BCUT2D eigenvalue weighted by Crippen LogP contribution is -1.95. The van der Waals surface area contributed by atoms with E-state index in [2.05, 4.69) is 16.0 Å². The van der Waals surface area contributed by atoms with Gasteiger partial charge in [-0.3, -0.25) is 4.98 Å². The zero-order valence-electron chi connectivity index (χ0n) is 10.1. The van der Waals surface area contributed by atoms with Crippen LogP contribution in [-0.4, -0.2) is 14.5 Å². The van der Waals surface area contributed by atoms with Gasteiger partial charge < -0.3 is 4.57 Å². The van der Waals surface area contributed by atoms with Gasteiger partial charge in [0.05, 0.1) is 34.4 Å². The van der Waals surface area contributed by atoms with Crippen molar-refractivity contribution in [2.24, 2.45) is 7.05 Å². The predicted octanol–water partition coefficient (Wildman–Crippen LogP) is 2.65. The highest BCUT2D eigenvalue weighted by molar-refractivity contribution is 5.81. The van der Waals surface area contributed by atoms with Crippen LogP contribution in [0, 0.1) is 17.1 Å². The third-order valence-corrected chi connectivity index (χ3v) is 3.02. The average Bonchev–Trinajstić information content (AvgIpc) is 2.76. The molecule has 0 saturated heterocycles. The van der Waals surface area contributed by atoms with Crippen molar-refractivity contribution in [2.45, 2.75) is 0 Å². The fourth-order valence-electron chi connectivity index (χ4n) is 2.06. The molecular weight excluding hydrogens is 243 g/mol. The number of hydrogen-bond donors (Lipinski definition) is 0. The predicted molar refractivity (Wildman–Crippen MR) is 68.6 cm³/mol. The summed E-state index contributed by atoms with van der Waals surface area (Å²) in [5.74, 6) is 0.103. The molecule has 92 valence electrons. The van der Waals surface area contributed by atoms with Crippen LogP contribution in [0.4, 0.5) is 4.39 Å². The molecule has 0 unspecified atom stereocenters. The zero-order chi connectivity index (χ0) is 13.4. The summed E-state index contributed by atoms with van der Waals surface area (Å²) in [6.07, 6.45) is 2.69. The van der Waals surface area contributed by atoms with Crippen molar-refractivity contribution in [3.05, 3.63) is 48.0 Å². The Balaban J connectivity index is 2.30. The van der Waals surface area contributed by atoms with E-state index in [0.29, 0.717) is 17.0 Å². The van der Waals surface area contributed by atoms with Crippen LogP contribution in [0.3, 0.4) is 0 Å². The molecule has 0 aliphatic heterocycles.